The summed E-state index contributed by atoms with van der Waals surface area (Å²) in [6, 6.07) is 7.20. The second-order valence-electron chi connectivity index (χ2n) is 4.31. The molecule has 23 heavy (non-hydrogen) atoms. The summed E-state index contributed by atoms with van der Waals surface area (Å²) in [6.07, 6.45) is 2.68. The molecule has 0 aromatic heterocycles. The number of carbonyl (C=O) groups is 1. The summed E-state index contributed by atoms with van der Waals surface area (Å²) >= 11 is 0. The van der Waals surface area contributed by atoms with Crippen molar-refractivity contribution in [3.63, 3.8) is 0 Å². The molecule has 0 saturated carbocycles. The van der Waals surface area contributed by atoms with Gasteiger partial charge in [-0.1, -0.05) is 12.6 Å². The fourth-order valence-electron chi connectivity index (χ4n) is 1.73. The molecule has 0 fully saturated rings. The van der Waals surface area contributed by atoms with Gasteiger partial charge < -0.3 is 23.7 Å². The molecular weight excluding hydrogens is 302 g/mol. The van der Waals surface area contributed by atoms with E-state index in [1.807, 2.05) is 6.07 Å². The summed E-state index contributed by atoms with van der Waals surface area (Å²) < 4.78 is 25.3. The zero-order valence-corrected chi connectivity index (χ0v) is 12.3. The van der Waals surface area contributed by atoms with Gasteiger partial charge in [0.25, 0.3) is 0 Å². The van der Waals surface area contributed by atoms with Crippen molar-refractivity contribution in [2.45, 2.75) is 6.42 Å². The Kier molecular flexibility index (Phi) is 6.03. The Labute approximate surface area is 133 Å². The Balaban J connectivity index is 1.80. The van der Waals surface area contributed by atoms with Gasteiger partial charge in [0.2, 0.25) is 6.79 Å². The third-order valence-electron chi connectivity index (χ3n) is 2.77. The van der Waals surface area contributed by atoms with E-state index < -0.39 is 5.97 Å². The van der Waals surface area contributed by atoms with E-state index in [1.165, 1.54) is 0 Å². The molecule has 0 amide bonds. The van der Waals surface area contributed by atoms with Gasteiger partial charge in [0.15, 0.2) is 24.1 Å². The van der Waals surface area contributed by atoms with Crippen LogP contribution in [0.2, 0.25) is 0 Å². The first-order valence-corrected chi connectivity index (χ1v) is 6.75. The van der Waals surface area contributed by atoms with Gasteiger partial charge in [-0.25, -0.2) is 0 Å². The summed E-state index contributed by atoms with van der Waals surface area (Å²) in [6.45, 7) is 3.43. The second kappa shape index (κ2) is 8.46. The molecule has 7 nitrogen and oxygen atoms in total. The Hall–Kier alpha value is -2.98. The average molecular weight is 317 g/mol. The number of nitriles is 1. The number of esters is 1. The van der Waals surface area contributed by atoms with Crippen molar-refractivity contribution in [3.05, 3.63) is 42.4 Å². The van der Waals surface area contributed by atoms with Crippen molar-refractivity contribution in [3.8, 4) is 17.6 Å². The largest absolute Gasteiger partial charge is 0.457 e. The number of allylic oxidation sites excluding steroid dienone is 1. The highest BCUT2D eigenvalue weighted by molar-refractivity contribution is 5.70. The van der Waals surface area contributed by atoms with Crippen LogP contribution in [0.15, 0.2) is 36.8 Å². The Bertz CT molecular complexity index is 646. The highest BCUT2D eigenvalue weighted by Crippen LogP contribution is 2.33. The van der Waals surface area contributed by atoms with E-state index in [-0.39, 0.29) is 32.4 Å². The van der Waals surface area contributed by atoms with E-state index in [0.29, 0.717) is 11.5 Å². The molecule has 1 heterocycles. The number of carbonyl (C=O) groups excluding carboxylic acids is 1. The van der Waals surface area contributed by atoms with Gasteiger partial charge in [0, 0.05) is 0 Å². The molecule has 1 aromatic carbocycles. The molecule has 0 aliphatic carbocycles. The van der Waals surface area contributed by atoms with Gasteiger partial charge in [-0.05, 0) is 23.8 Å². The Morgan fingerprint density at radius 3 is 3.00 bits per heavy atom. The lowest BCUT2D eigenvalue weighted by Gasteiger charge is -2.05. The number of fused-ring (bicyclic) bond motifs is 1. The molecule has 0 atom stereocenters. The van der Waals surface area contributed by atoms with E-state index in [1.54, 1.807) is 24.3 Å². The van der Waals surface area contributed by atoms with Crippen LogP contribution in [-0.4, -0.2) is 26.2 Å². The van der Waals surface area contributed by atoms with Crippen LogP contribution in [-0.2, 0) is 19.0 Å². The van der Waals surface area contributed by atoms with Crippen LogP contribution in [0.5, 0.6) is 11.5 Å². The highest BCUT2D eigenvalue weighted by atomic mass is 16.7. The number of nitrogens with zero attached hydrogens (tertiary/aromatic N) is 1. The number of ether oxygens (including phenoxy) is 5. The minimum atomic E-state index is -0.448. The maximum atomic E-state index is 11.0. The molecular formula is C16H15NO6. The lowest BCUT2D eigenvalue weighted by molar-refractivity contribution is -0.140. The smallest absolute Gasteiger partial charge is 0.312 e. The minimum Gasteiger partial charge on any atom is -0.457 e. The average Bonchev–Trinajstić information content (AvgIpc) is 3.01. The van der Waals surface area contributed by atoms with Gasteiger partial charge >= 0.3 is 5.97 Å². The predicted molar refractivity (Wildman–Crippen MR) is 79.0 cm³/mol. The zero-order valence-electron chi connectivity index (χ0n) is 12.3. The highest BCUT2D eigenvalue weighted by Gasteiger charge is 2.12. The van der Waals surface area contributed by atoms with Crippen molar-refractivity contribution >= 4 is 12.0 Å². The first kappa shape index (κ1) is 16.4. The molecule has 120 valence electrons. The number of hydrogen-bond acceptors (Lipinski definition) is 7. The molecule has 0 radical (unpaired) electrons. The van der Waals surface area contributed by atoms with Crippen molar-refractivity contribution < 1.29 is 28.5 Å². The fraction of sp³-hybridized carbons (Fsp3) is 0.250. The zero-order chi connectivity index (χ0) is 16.5. The molecule has 0 N–H and O–H groups in total. The third-order valence-corrected chi connectivity index (χ3v) is 2.77. The number of benzene rings is 1. The first-order valence-electron chi connectivity index (χ1n) is 6.75. The molecule has 0 unspecified atom stereocenters. The maximum absolute atomic E-state index is 11.0. The number of rotatable bonds is 8. The van der Waals surface area contributed by atoms with Gasteiger partial charge in [-0.3, -0.25) is 4.79 Å². The lowest BCUT2D eigenvalue weighted by atomic mass is 10.2. The second-order valence-corrected chi connectivity index (χ2v) is 4.31. The predicted octanol–water partition coefficient (Wildman–Crippen LogP) is 2.35. The fourth-order valence-corrected chi connectivity index (χ4v) is 1.73. The van der Waals surface area contributed by atoms with Gasteiger partial charge in [0.05, 0.1) is 19.3 Å². The topological polar surface area (TPSA) is 87.0 Å². The van der Waals surface area contributed by atoms with Crippen LogP contribution >= 0.6 is 0 Å². The van der Waals surface area contributed by atoms with Gasteiger partial charge in [-0.2, -0.15) is 5.26 Å². The molecule has 0 bridgehead atoms. The van der Waals surface area contributed by atoms with E-state index in [4.69, 9.17) is 24.2 Å². The quantitative estimate of drug-likeness (QED) is 0.239. The SMILES string of the molecule is C=COC(=O)CCOCOC(C#N)=Cc1ccc2c(c1)OCO2. The standard InChI is InChI=1S/C16H15NO6/c1-2-20-16(18)5-6-19-10-21-13(9-17)7-12-3-4-14-15(8-12)23-11-22-14/h2-4,7-8H,1,5-6,10-11H2. The first-order chi connectivity index (χ1) is 11.2. The summed E-state index contributed by atoms with van der Waals surface area (Å²) in [7, 11) is 0. The maximum Gasteiger partial charge on any atom is 0.312 e. The van der Waals surface area contributed by atoms with Crippen LogP contribution in [0.1, 0.15) is 12.0 Å². The summed E-state index contributed by atoms with van der Waals surface area (Å²) in [5.41, 5.74) is 0.736. The molecule has 1 aliphatic rings. The van der Waals surface area contributed by atoms with E-state index >= 15 is 0 Å². The van der Waals surface area contributed by atoms with E-state index in [9.17, 15) is 4.79 Å². The summed E-state index contributed by atoms with van der Waals surface area (Å²) in [5, 5.41) is 9.06. The van der Waals surface area contributed by atoms with Crippen molar-refractivity contribution in [2.75, 3.05) is 20.2 Å². The normalized spacial score (nSPS) is 12.4. The number of hydrogen-bond donors (Lipinski definition) is 0. The van der Waals surface area contributed by atoms with Crippen molar-refractivity contribution in [2.24, 2.45) is 0 Å². The molecule has 2 rings (SSSR count). The van der Waals surface area contributed by atoms with E-state index in [2.05, 4.69) is 11.3 Å². The molecule has 0 saturated heterocycles. The van der Waals surface area contributed by atoms with Crippen molar-refractivity contribution in [1.82, 2.24) is 0 Å². The van der Waals surface area contributed by atoms with Crippen LogP contribution in [0.4, 0.5) is 0 Å². The minimum absolute atomic E-state index is 0.0726. The molecule has 1 aliphatic heterocycles. The molecule has 0 spiro atoms. The molecule has 1 aromatic rings. The van der Waals surface area contributed by atoms with Crippen LogP contribution < -0.4 is 9.47 Å². The van der Waals surface area contributed by atoms with Crippen LogP contribution in [0, 0.1) is 11.3 Å². The Morgan fingerprint density at radius 2 is 2.22 bits per heavy atom. The Morgan fingerprint density at radius 1 is 1.39 bits per heavy atom. The van der Waals surface area contributed by atoms with Gasteiger partial charge in [-0.15, -0.1) is 0 Å². The molecule has 7 heteroatoms. The van der Waals surface area contributed by atoms with Crippen LogP contribution in [0.3, 0.4) is 0 Å². The lowest BCUT2D eigenvalue weighted by Crippen LogP contribution is -2.07. The summed E-state index contributed by atoms with van der Waals surface area (Å²) in [4.78, 5) is 11.0. The van der Waals surface area contributed by atoms with E-state index in [0.717, 1.165) is 11.8 Å². The monoisotopic (exact) mass is 317 g/mol. The van der Waals surface area contributed by atoms with Gasteiger partial charge in [0.1, 0.15) is 6.07 Å². The third kappa shape index (κ3) is 5.05. The summed E-state index contributed by atoms with van der Waals surface area (Å²) in [5.74, 6) is 0.915. The van der Waals surface area contributed by atoms with Crippen LogP contribution in [0.25, 0.3) is 6.08 Å². The van der Waals surface area contributed by atoms with Crippen molar-refractivity contribution in [1.29, 1.82) is 5.26 Å².